The number of hydrogen-bond acceptors (Lipinski definition) is 7. The molecule has 0 radical (unpaired) electrons. The van der Waals surface area contributed by atoms with Gasteiger partial charge in [-0.2, -0.15) is 0 Å². The number of hydrogen-bond donors (Lipinski definition) is 1. The third kappa shape index (κ3) is 5.48. The minimum Gasteiger partial charge on any atom is -0.497 e. The zero-order valence-corrected chi connectivity index (χ0v) is 26.5. The number of carboxylic acids is 1. The second-order valence-electron chi connectivity index (χ2n) is 10.7. The van der Waals surface area contributed by atoms with Crippen LogP contribution in [0.15, 0.2) is 100 Å². The van der Waals surface area contributed by atoms with E-state index in [2.05, 4.69) is 0 Å². The Morgan fingerprint density at radius 3 is 2.48 bits per heavy atom. The van der Waals surface area contributed by atoms with Crippen LogP contribution in [0.4, 0.5) is 0 Å². The molecule has 1 N–H and O–H groups in total. The van der Waals surface area contributed by atoms with Crippen LogP contribution in [-0.2, 0) is 9.53 Å². The molecule has 0 bridgehead atoms. The summed E-state index contributed by atoms with van der Waals surface area (Å²) >= 11 is 1.24. The van der Waals surface area contributed by atoms with E-state index in [0.29, 0.717) is 32.0 Å². The predicted octanol–water partition coefficient (Wildman–Crippen LogP) is 5.05. The minimum atomic E-state index is -1.01. The summed E-state index contributed by atoms with van der Waals surface area (Å²) in [6.45, 7) is 5.75. The first-order valence-corrected chi connectivity index (χ1v) is 15.5. The van der Waals surface area contributed by atoms with Gasteiger partial charge in [0.05, 0.1) is 41.1 Å². The first-order chi connectivity index (χ1) is 22.2. The van der Waals surface area contributed by atoms with Gasteiger partial charge in [-0.15, -0.1) is 0 Å². The monoisotopic (exact) mass is 633 g/mol. The van der Waals surface area contributed by atoms with Crippen LogP contribution in [0.3, 0.4) is 0 Å². The third-order valence-electron chi connectivity index (χ3n) is 7.89. The summed E-state index contributed by atoms with van der Waals surface area (Å²) in [5.41, 5.74) is 5.21. The lowest BCUT2D eigenvalue weighted by molar-refractivity contribution is -0.138. The largest absolute Gasteiger partial charge is 0.497 e. The molecule has 3 aromatic carbocycles. The van der Waals surface area contributed by atoms with Crippen molar-refractivity contribution in [3.8, 4) is 11.4 Å². The summed E-state index contributed by atoms with van der Waals surface area (Å²) in [6, 6.07) is 24.6. The molecule has 0 amide bonds. The van der Waals surface area contributed by atoms with Crippen molar-refractivity contribution in [1.82, 2.24) is 9.13 Å². The Morgan fingerprint density at radius 1 is 1.00 bits per heavy atom. The number of rotatable bonds is 8. The molecule has 2 aromatic heterocycles. The number of fused-ring (bicyclic) bond motifs is 1. The smallest absolute Gasteiger partial charge is 0.338 e. The number of ether oxygens (including phenoxy) is 2. The molecule has 6 rings (SSSR count). The van der Waals surface area contributed by atoms with Gasteiger partial charge in [0.15, 0.2) is 4.80 Å². The first-order valence-electron chi connectivity index (χ1n) is 14.7. The first kappa shape index (κ1) is 30.5. The summed E-state index contributed by atoms with van der Waals surface area (Å²) in [7, 11) is 1.57. The number of esters is 1. The van der Waals surface area contributed by atoms with Crippen molar-refractivity contribution in [2.45, 2.75) is 26.8 Å². The van der Waals surface area contributed by atoms with Crippen molar-refractivity contribution in [1.29, 1.82) is 0 Å². The van der Waals surface area contributed by atoms with Crippen molar-refractivity contribution in [2.75, 3.05) is 13.7 Å². The highest BCUT2D eigenvalue weighted by Gasteiger charge is 2.35. The third-order valence-corrected chi connectivity index (χ3v) is 8.87. The molecule has 1 atom stereocenters. The van der Waals surface area contributed by atoms with Crippen LogP contribution in [0.5, 0.6) is 5.75 Å². The van der Waals surface area contributed by atoms with Crippen molar-refractivity contribution in [3.05, 3.63) is 144 Å². The maximum absolute atomic E-state index is 14.3. The van der Waals surface area contributed by atoms with E-state index in [1.165, 1.54) is 11.3 Å². The number of thiazole rings is 1. The summed E-state index contributed by atoms with van der Waals surface area (Å²) < 4.78 is 15.0. The fraction of sp³-hybridized carbons (Fsp3) is 0.167. The second-order valence-corrected chi connectivity index (χ2v) is 11.7. The number of nitrogens with zero attached hydrogens (tertiary/aromatic N) is 3. The molecule has 1 aliphatic rings. The van der Waals surface area contributed by atoms with Gasteiger partial charge in [-0.1, -0.05) is 59.9 Å². The zero-order chi connectivity index (χ0) is 32.5. The summed E-state index contributed by atoms with van der Waals surface area (Å²) in [4.78, 5) is 45.0. The Labute approximate surface area is 268 Å². The molecule has 46 heavy (non-hydrogen) atoms. The van der Waals surface area contributed by atoms with Crippen molar-refractivity contribution in [3.63, 3.8) is 0 Å². The average molecular weight is 634 g/mol. The van der Waals surface area contributed by atoms with E-state index >= 15 is 0 Å². The second kappa shape index (κ2) is 12.5. The molecule has 0 fully saturated rings. The molecule has 1 aliphatic heterocycles. The molecular formula is C36H31N3O6S. The van der Waals surface area contributed by atoms with E-state index in [9.17, 15) is 19.5 Å². The summed E-state index contributed by atoms with van der Waals surface area (Å²) in [5, 5.41) is 9.51. The van der Waals surface area contributed by atoms with E-state index in [1.807, 2.05) is 85.2 Å². The zero-order valence-electron chi connectivity index (χ0n) is 25.7. The van der Waals surface area contributed by atoms with Crippen LogP contribution < -0.4 is 19.6 Å². The van der Waals surface area contributed by atoms with Gasteiger partial charge in [-0.05, 0) is 74.4 Å². The van der Waals surface area contributed by atoms with Gasteiger partial charge in [0.2, 0.25) is 0 Å². The predicted molar refractivity (Wildman–Crippen MR) is 176 cm³/mol. The van der Waals surface area contributed by atoms with Crippen LogP contribution in [0.1, 0.15) is 51.4 Å². The van der Waals surface area contributed by atoms with Gasteiger partial charge in [0.1, 0.15) is 5.75 Å². The number of benzene rings is 3. The van der Waals surface area contributed by atoms with Gasteiger partial charge < -0.3 is 19.1 Å². The van der Waals surface area contributed by atoms with Gasteiger partial charge in [0, 0.05) is 22.6 Å². The Balaban J connectivity index is 1.59. The van der Waals surface area contributed by atoms with E-state index in [0.717, 1.165) is 22.5 Å². The highest BCUT2D eigenvalue weighted by molar-refractivity contribution is 7.07. The van der Waals surface area contributed by atoms with Crippen LogP contribution in [0.2, 0.25) is 0 Å². The number of carbonyl (C=O) groups is 2. The molecular weight excluding hydrogens is 602 g/mol. The van der Waals surface area contributed by atoms with Crippen molar-refractivity contribution >= 4 is 35.0 Å². The standard InChI is InChI=1S/C36H31N3O6S/c1-5-45-35(43)30-31(23-11-7-6-8-12-23)37-36-39(32(30)24-13-10-16-28(19-24)44-4)33(40)29(46-36)20-26-17-21(2)38(22(26)3)27-15-9-14-25(18-27)34(41)42/h6-20,32H,5H2,1-4H3,(H,41,42)/b29-20-/t32-/m1/s1. The number of methoxy groups -OCH3 is 1. The highest BCUT2D eigenvalue weighted by atomic mass is 32.1. The quantitative estimate of drug-likeness (QED) is 0.240. The number of aromatic nitrogens is 2. The van der Waals surface area contributed by atoms with Gasteiger partial charge in [0.25, 0.3) is 5.56 Å². The summed E-state index contributed by atoms with van der Waals surface area (Å²) in [6.07, 6.45) is 1.82. The number of carbonyl (C=O) groups excluding carboxylic acids is 1. The molecule has 0 aliphatic carbocycles. The molecule has 0 spiro atoms. The topological polar surface area (TPSA) is 112 Å². The molecule has 5 aromatic rings. The molecule has 3 heterocycles. The maximum Gasteiger partial charge on any atom is 0.338 e. The number of carboxylic acid groups (broad SMARTS) is 1. The van der Waals surface area contributed by atoms with Crippen LogP contribution in [0.25, 0.3) is 17.5 Å². The van der Waals surface area contributed by atoms with Gasteiger partial charge in [-0.3, -0.25) is 9.36 Å². The van der Waals surface area contributed by atoms with Crippen molar-refractivity contribution in [2.24, 2.45) is 4.99 Å². The molecule has 10 heteroatoms. The normalized spacial score (nSPS) is 14.5. The van der Waals surface area contributed by atoms with E-state index in [4.69, 9.17) is 14.5 Å². The molecule has 0 unspecified atom stereocenters. The lowest BCUT2D eigenvalue weighted by atomic mass is 9.93. The van der Waals surface area contributed by atoms with E-state index in [1.54, 1.807) is 42.9 Å². The summed E-state index contributed by atoms with van der Waals surface area (Å²) in [5.74, 6) is -0.979. The van der Waals surface area contributed by atoms with Crippen LogP contribution in [0, 0.1) is 13.8 Å². The number of aromatic carboxylic acids is 1. The Bertz CT molecular complexity index is 2210. The Morgan fingerprint density at radius 2 is 1.76 bits per heavy atom. The fourth-order valence-electron chi connectivity index (χ4n) is 5.82. The maximum atomic E-state index is 14.3. The van der Waals surface area contributed by atoms with E-state index in [-0.39, 0.29) is 23.3 Å². The van der Waals surface area contributed by atoms with Crippen molar-refractivity contribution < 1.29 is 24.2 Å². The lowest BCUT2D eigenvalue weighted by Gasteiger charge is -2.26. The molecule has 0 saturated carbocycles. The van der Waals surface area contributed by atoms with Crippen LogP contribution >= 0.6 is 11.3 Å². The fourth-order valence-corrected chi connectivity index (χ4v) is 6.81. The van der Waals surface area contributed by atoms with Gasteiger partial charge >= 0.3 is 11.9 Å². The molecule has 9 nitrogen and oxygen atoms in total. The SMILES string of the molecule is CCOC(=O)C1=C(c2ccccc2)N=c2s/c(=C\c3cc(C)n(-c4cccc(C(=O)O)c4)c3C)c(=O)n2[C@@H]1c1cccc(OC)c1. The number of aryl methyl sites for hydroxylation is 1. The average Bonchev–Trinajstić information content (AvgIpc) is 3.53. The van der Waals surface area contributed by atoms with Crippen LogP contribution in [-0.4, -0.2) is 39.9 Å². The highest BCUT2D eigenvalue weighted by Crippen LogP contribution is 2.36. The Kier molecular flexibility index (Phi) is 8.29. The Hall–Kier alpha value is -5.48. The molecule has 232 valence electrons. The van der Waals surface area contributed by atoms with Gasteiger partial charge in [-0.25, -0.2) is 14.6 Å². The van der Waals surface area contributed by atoms with E-state index < -0.39 is 18.0 Å². The molecule has 0 saturated heterocycles. The minimum absolute atomic E-state index is 0.157. The lowest BCUT2D eigenvalue weighted by Crippen LogP contribution is -2.40.